The Morgan fingerprint density at radius 3 is 2.46 bits per heavy atom. The monoisotopic (exact) mass is 341 g/mol. The van der Waals surface area contributed by atoms with E-state index >= 15 is 0 Å². The van der Waals surface area contributed by atoms with Crippen LogP contribution >= 0.6 is 11.3 Å². The summed E-state index contributed by atoms with van der Waals surface area (Å²) in [5.74, 6) is 0.404. The van der Waals surface area contributed by atoms with Crippen molar-refractivity contribution in [2.75, 3.05) is 10.6 Å². The Morgan fingerprint density at radius 1 is 1.12 bits per heavy atom. The Bertz CT molecular complexity index is 838. The molecular formula is C17H15N3O3S. The number of benzene rings is 1. The van der Waals surface area contributed by atoms with Gasteiger partial charge in [-0.15, -0.1) is 11.3 Å². The molecule has 0 aliphatic carbocycles. The van der Waals surface area contributed by atoms with Crippen LogP contribution < -0.4 is 10.6 Å². The summed E-state index contributed by atoms with van der Waals surface area (Å²) in [5, 5.41) is 8.07. The zero-order chi connectivity index (χ0) is 16.9. The predicted octanol–water partition coefficient (Wildman–Crippen LogP) is 3.54. The van der Waals surface area contributed by atoms with Gasteiger partial charge >= 0.3 is 0 Å². The van der Waals surface area contributed by atoms with Crippen LogP contribution in [0.3, 0.4) is 0 Å². The van der Waals surface area contributed by atoms with Crippen LogP contribution in [0.25, 0.3) is 10.8 Å². The Hall–Kier alpha value is -2.93. The summed E-state index contributed by atoms with van der Waals surface area (Å²) in [6, 6.07) is 10.6. The van der Waals surface area contributed by atoms with Crippen molar-refractivity contribution in [3.63, 3.8) is 0 Å². The second-order valence-corrected chi connectivity index (χ2v) is 5.96. The van der Waals surface area contributed by atoms with Gasteiger partial charge in [0, 0.05) is 23.7 Å². The number of aromatic nitrogens is 1. The van der Waals surface area contributed by atoms with Gasteiger partial charge in [0.2, 0.25) is 11.8 Å². The maximum absolute atomic E-state index is 12.1. The molecule has 3 rings (SSSR count). The van der Waals surface area contributed by atoms with Gasteiger partial charge < -0.3 is 15.1 Å². The molecule has 0 radical (unpaired) electrons. The van der Waals surface area contributed by atoms with Crippen LogP contribution in [0.4, 0.5) is 11.4 Å². The van der Waals surface area contributed by atoms with Crippen LogP contribution in [0, 0.1) is 0 Å². The van der Waals surface area contributed by atoms with Gasteiger partial charge in [-0.05, 0) is 36.4 Å². The van der Waals surface area contributed by atoms with E-state index in [2.05, 4.69) is 15.6 Å². The van der Waals surface area contributed by atoms with Crippen LogP contribution in [0.1, 0.15) is 12.6 Å². The zero-order valence-corrected chi connectivity index (χ0v) is 13.7. The van der Waals surface area contributed by atoms with E-state index in [1.54, 1.807) is 36.6 Å². The van der Waals surface area contributed by atoms with E-state index in [1.807, 2.05) is 11.4 Å². The average molecular weight is 341 g/mol. The molecule has 0 fully saturated rings. The van der Waals surface area contributed by atoms with Crippen LogP contribution in [0.2, 0.25) is 0 Å². The van der Waals surface area contributed by atoms with E-state index < -0.39 is 0 Å². The Labute approximate surface area is 142 Å². The summed E-state index contributed by atoms with van der Waals surface area (Å²) in [6.45, 7) is 1.44. The number of carbonyl (C=O) groups is 2. The van der Waals surface area contributed by atoms with Gasteiger partial charge in [-0.2, -0.15) is 0 Å². The summed E-state index contributed by atoms with van der Waals surface area (Å²) in [6.07, 6.45) is 1.78. The molecule has 0 bridgehead atoms. The first-order chi connectivity index (χ1) is 11.6. The van der Waals surface area contributed by atoms with Crippen molar-refractivity contribution in [3.8, 4) is 10.8 Å². The molecular weight excluding hydrogens is 326 g/mol. The van der Waals surface area contributed by atoms with Gasteiger partial charge in [0.1, 0.15) is 0 Å². The molecule has 3 aromatic rings. The fourth-order valence-corrected chi connectivity index (χ4v) is 2.90. The Morgan fingerprint density at radius 2 is 1.83 bits per heavy atom. The molecule has 2 N–H and O–H groups in total. The molecule has 6 nitrogen and oxygen atoms in total. The van der Waals surface area contributed by atoms with Crippen molar-refractivity contribution in [3.05, 3.63) is 53.7 Å². The number of rotatable bonds is 5. The van der Waals surface area contributed by atoms with Crippen molar-refractivity contribution >= 4 is 34.5 Å². The lowest BCUT2D eigenvalue weighted by Crippen LogP contribution is -2.14. The second kappa shape index (κ2) is 7.10. The highest BCUT2D eigenvalue weighted by Gasteiger charge is 2.10. The molecule has 0 aliphatic heterocycles. The smallest absolute Gasteiger partial charge is 0.230 e. The maximum Gasteiger partial charge on any atom is 0.230 e. The number of thiazole rings is 1. The molecule has 2 aromatic heterocycles. The van der Waals surface area contributed by atoms with Crippen molar-refractivity contribution in [1.82, 2.24) is 4.98 Å². The van der Waals surface area contributed by atoms with Crippen molar-refractivity contribution in [2.45, 2.75) is 13.3 Å². The largest absolute Gasteiger partial charge is 0.462 e. The lowest BCUT2D eigenvalue weighted by atomic mass is 10.2. The number of nitrogens with zero attached hydrogens (tertiary/aromatic N) is 1. The quantitative estimate of drug-likeness (QED) is 0.743. The lowest BCUT2D eigenvalue weighted by molar-refractivity contribution is -0.116. The normalized spacial score (nSPS) is 10.4. The molecule has 2 heterocycles. The topological polar surface area (TPSA) is 84.2 Å². The average Bonchev–Trinajstić information content (AvgIpc) is 3.19. The first-order valence-corrected chi connectivity index (χ1v) is 8.14. The highest BCUT2D eigenvalue weighted by atomic mass is 32.1. The number of anilines is 2. The van der Waals surface area contributed by atoms with Gasteiger partial charge in [-0.3, -0.25) is 9.59 Å². The Kier molecular flexibility index (Phi) is 4.72. The third kappa shape index (κ3) is 4.08. The minimum absolute atomic E-state index is 0.136. The summed E-state index contributed by atoms with van der Waals surface area (Å²) < 4.78 is 5.29. The number of hydrogen-bond acceptors (Lipinski definition) is 5. The highest BCUT2D eigenvalue weighted by molar-refractivity contribution is 7.13. The maximum atomic E-state index is 12.1. The van der Waals surface area contributed by atoms with E-state index in [4.69, 9.17) is 4.42 Å². The number of hydrogen-bond donors (Lipinski definition) is 2. The number of amides is 2. The molecule has 0 saturated heterocycles. The van der Waals surface area contributed by atoms with E-state index in [-0.39, 0.29) is 18.2 Å². The predicted molar refractivity (Wildman–Crippen MR) is 92.9 cm³/mol. The van der Waals surface area contributed by atoms with Crippen LogP contribution in [-0.2, 0) is 16.0 Å². The molecule has 0 atom stereocenters. The third-order valence-corrected chi connectivity index (χ3v) is 4.02. The molecule has 0 aliphatic rings. The first-order valence-electron chi connectivity index (χ1n) is 7.26. The zero-order valence-electron chi connectivity index (χ0n) is 12.9. The van der Waals surface area contributed by atoms with Crippen molar-refractivity contribution in [1.29, 1.82) is 0 Å². The minimum Gasteiger partial charge on any atom is -0.462 e. The van der Waals surface area contributed by atoms with Gasteiger partial charge in [0.25, 0.3) is 0 Å². The van der Waals surface area contributed by atoms with Gasteiger partial charge in [0.05, 0.1) is 18.4 Å². The molecule has 0 spiro atoms. The molecule has 2 amide bonds. The lowest BCUT2D eigenvalue weighted by Gasteiger charge is -2.06. The van der Waals surface area contributed by atoms with E-state index in [9.17, 15) is 9.59 Å². The molecule has 1 aromatic carbocycles. The van der Waals surface area contributed by atoms with Gasteiger partial charge in [0.15, 0.2) is 10.8 Å². The van der Waals surface area contributed by atoms with Gasteiger partial charge in [-0.25, -0.2) is 4.98 Å². The number of nitrogens with one attached hydrogen (secondary N) is 2. The molecule has 0 unspecified atom stereocenters. The summed E-state index contributed by atoms with van der Waals surface area (Å²) in [5.41, 5.74) is 2.04. The van der Waals surface area contributed by atoms with Crippen LogP contribution in [-0.4, -0.2) is 16.8 Å². The molecule has 122 valence electrons. The van der Waals surface area contributed by atoms with E-state index in [0.717, 1.165) is 5.01 Å². The standard InChI is InChI=1S/C17H15N3O3S/c1-11(21)18-12-4-6-13(7-5-12)19-16(22)9-14-10-24-17(20-14)15-3-2-8-23-15/h2-8,10H,9H2,1H3,(H,18,21)(H,19,22). The van der Waals surface area contributed by atoms with Crippen molar-refractivity contribution in [2.24, 2.45) is 0 Å². The molecule has 24 heavy (non-hydrogen) atoms. The third-order valence-electron chi connectivity index (χ3n) is 3.11. The Balaban J connectivity index is 1.58. The fraction of sp³-hybridized carbons (Fsp3) is 0.118. The summed E-state index contributed by atoms with van der Waals surface area (Å²) in [7, 11) is 0. The van der Waals surface area contributed by atoms with Crippen LogP contribution in [0.5, 0.6) is 0 Å². The summed E-state index contributed by atoms with van der Waals surface area (Å²) in [4.78, 5) is 27.5. The second-order valence-electron chi connectivity index (χ2n) is 5.10. The van der Waals surface area contributed by atoms with Crippen molar-refractivity contribution < 1.29 is 14.0 Å². The number of furan rings is 1. The van der Waals surface area contributed by atoms with Gasteiger partial charge in [-0.1, -0.05) is 0 Å². The number of carbonyl (C=O) groups excluding carboxylic acids is 2. The highest BCUT2D eigenvalue weighted by Crippen LogP contribution is 2.24. The summed E-state index contributed by atoms with van der Waals surface area (Å²) >= 11 is 1.44. The first kappa shape index (κ1) is 15.9. The SMILES string of the molecule is CC(=O)Nc1ccc(NC(=O)Cc2csc(-c3ccco3)n2)cc1. The molecule has 0 saturated carbocycles. The fourth-order valence-electron chi connectivity index (χ4n) is 2.11. The minimum atomic E-state index is -0.154. The van der Waals surface area contributed by atoms with E-state index in [1.165, 1.54) is 18.3 Å². The molecule has 7 heteroatoms. The van der Waals surface area contributed by atoms with E-state index in [0.29, 0.717) is 22.8 Å². The van der Waals surface area contributed by atoms with Crippen LogP contribution in [0.15, 0.2) is 52.5 Å².